The number of benzene rings is 1. The molecule has 1 unspecified atom stereocenters. The van der Waals surface area contributed by atoms with Gasteiger partial charge in [-0.25, -0.2) is 4.79 Å². The van der Waals surface area contributed by atoms with Crippen molar-refractivity contribution < 1.29 is 19.4 Å². The Labute approximate surface area is 173 Å². The maximum absolute atomic E-state index is 13.5. The highest BCUT2D eigenvalue weighted by atomic mass is 16.5. The summed E-state index contributed by atoms with van der Waals surface area (Å²) in [6.07, 6.45) is 1.21. The van der Waals surface area contributed by atoms with Gasteiger partial charge in [0.1, 0.15) is 11.3 Å². The van der Waals surface area contributed by atoms with Gasteiger partial charge < -0.3 is 14.7 Å². The zero-order chi connectivity index (χ0) is 21.2. The summed E-state index contributed by atoms with van der Waals surface area (Å²) in [5.74, 6) is 0.935. The first-order chi connectivity index (χ1) is 13.8. The molecule has 2 heterocycles. The molecule has 3 rings (SSSR count). The molecule has 1 atom stereocenters. The average Bonchev–Trinajstić information content (AvgIpc) is 2.90. The van der Waals surface area contributed by atoms with E-state index in [1.807, 2.05) is 36.1 Å². The largest absolute Gasteiger partial charge is 0.497 e. The fourth-order valence-electron chi connectivity index (χ4n) is 4.39. The zero-order valence-electron chi connectivity index (χ0n) is 17.9. The smallest absolute Gasteiger partial charge is 0.327 e. The molecule has 1 aromatic rings. The number of aliphatic hydroxyl groups excluding tert-OH is 1. The lowest BCUT2D eigenvalue weighted by Gasteiger charge is -2.44. The van der Waals surface area contributed by atoms with Crippen molar-refractivity contribution in [2.45, 2.75) is 51.7 Å². The lowest BCUT2D eigenvalue weighted by atomic mass is 9.85. The van der Waals surface area contributed by atoms with Crippen molar-refractivity contribution in [2.75, 3.05) is 33.4 Å². The van der Waals surface area contributed by atoms with Gasteiger partial charge in [0, 0.05) is 25.7 Å². The van der Waals surface area contributed by atoms with Gasteiger partial charge >= 0.3 is 6.03 Å². The molecule has 7 heteroatoms. The molecule has 29 heavy (non-hydrogen) atoms. The molecule has 2 fully saturated rings. The van der Waals surface area contributed by atoms with E-state index in [1.165, 1.54) is 4.90 Å². The Kier molecular flexibility index (Phi) is 6.49. The first kappa shape index (κ1) is 21.6. The number of ether oxygens (including phenoxy) is 1. The van der Waals surface area contributed by atoms with Gasteiger partial charge in [-0.05, 0) is 43.4 Å². The third-order valence-corrected chi connectivity index (χ3v) is 6.18. The summed E-state index contributed by atoms with van der Waals surface area (Å²) in [4.78, 5) is 32.2. The fourth-order valence-corrected chi connectivity index (χ4v) is 4.39. The molecule has 0 saturated carbocycles. The van der Waals surface area contributed by atoms with Crippen LogP contribution in [0.15, 0.2) is 24.3 Å². The van der Waals surface area contributed by atoms with E-state index < -0.39 is 5.54 Å². The van der Waals surface area contributed by atoms with Gasteiger partial charge in [0.2, 0.25) is 0 Å². The standard InChI is InChI=1S/C22H33N3O4/c1-16(2)13-25-21(28)24(14-18-5-7-19(29-4)8-6-18)20(27)22(25)9-11-23(12-10-22)17(3)15-26/h5-8,16-17,26H,9-15H2,1-4H3. The summed E-state index contributed by atoms with van der Waals surface area (Å²) in [7, 11) is 1.61. The van der Waals surface area contributed by atoms with Crippen LogP contribution in [0, 0.1) is 5.92 Å². The molecule has 1 aromatic carbocycles. The highest BCUT2D eigenvalue weighted by Crippen LogP contribution is 2.39. The van der Waals surface area contributed by atoms with Crippen LogP contribution in [0.5, 0.6) is 5.75 Å². The van der Waals surface area contributed by atoms with E-state index in [1.54, 1.807) is 7.11 Å². The Hall–Kier alpha value is -2.12. The second-order valence-electron chi connectivity index (χ2n) is 8.63. The molecule has 2 saturated heterocycles. The van der Waals surface area contributed by atoms with Crippen LogP contribution in [-0.2, 0) is 11.3 Å². The number of carbonyl (C=O) groups is 2. The van der Waals surface area contributed by atoms with Crippen LogP contribution in [-0.4, -0.2) is 76.7 Å². The minimum atomic E-state index is -0.764. The van der Waals surface area contributed by atoms with E-state index >= 15 is 0 Å². The third-order valence-electron chi connectivity index (χ3n) is 6.18. The summed E-state index contributed by atoms with van der Waals surface area (Å²) in [5.41, 5.74) is 0.139. The second kappa shape index (κ2) is 8.71. The lowest BCUT2D eigenvalue weighted by Crippen LogP contribution is -2.58. The second-order valence-corrected chi connectivity index (χ2v) is 8.63. The summed E-state index contributed by atoms with van der Waals surface area (Å²) < 4.78 is 5.19. The molecule has 0 radical (unpaired) electrons. The van der Waals surface area contributed by atoms with Gasteiger partial charge in [-0.1, -0.05) is 26.0 Å². The van der Waals surface area contributed by atoms with Gasteiger partial charge in [-0.3, -0.25) is 14.6 Å². The van der Waals surface area contributed by atoms with Crippen LogP contribution >= 0.6 is 0 Å². The predicted octanol–water partition coefficient (Wildman–Crippen LogP) is 2.33. The Bertz CT molecular complexity index is 726. The number of imide groups is 1. The molecule has 2 aliphatic rings. The van der Waals surface area contributed by atoms with E-state index in [4.69, 9.17) is 4.74 Å². The third kappa shape index (κ3) is 4.12. The highest BCUT2D eigenvalue weighted by molar-refractivity contribution is 6.07. The van der Waals surface area contributed by atoms with E-state index in [9.17, 15) is 14.7 Å². The molecule has 2 aliphatic heterocycles. The van der Waals surface area contributed by atoms with Crippen molar-refractivity contribution in [1.29, 1.82) is 0 Å². The molecular formula is C22H33N3O4. The predicted molar refractivity (Wildman–Crippen MR) is 111 cm³/mol. The fraction of sp³-hybridized carbons (Fsp3) is 0.636. The van der Waals surface area contributed by atoms with Gasteiger partial charge in [-0.15, -0.1) is 0 Å². The highest BCUT2D eigenvalue weighted by Gasteiger charge is 2.57. The number of methoxy groups -OCH3 is 1. The molecule has 0 aliphatic carbocycles. The number of hydrogen-bond donors (Lipinski definition) is 1. The Morgan fingerprint density at radius 1 is 1.10 bits per heavy atom. The number of likely N-dealkylation sites (tertiary alicyclic amines) is 1. The number of piperidine rings is 1. The maximum Gasteiger partial charge on any atom is 0.327 e. The van der Waals surface area contributed by atoms with Crippen molar-refractivity contribution >= 4 is 11.9 Å². The number of amides is 3. The zero-order valence-corrected chi connectivity index (χ0v) is 17.9. The van der Waals surface area contributed by atoms with E-state index in [0.29, 0.717) is 32.5 Å². The van der Waals surface area contributed by atoms with Crippen molar-refractivity contribution in [3.8, 4) is 5.75 Å². The van der Waals surface area contributed by atoms with Crippen LogP contribution in [0.4, 0.5) is 4.79 Å². The normalized spacial score (nSPS) is 20.8. The van der Waals surface area contributed by atoms with Crippen molar-refractivity contribution in [3.05, 3.63) is 29.8 Å². The van der Waals surface area contributed by atoms with E-state index in [0.717, 1.165) is 11.3 Å². The number of nitrogens with zero attached hydrogens (tertiary/aromatic N) is 3. The first-order valence-electron chi connectivity index (χ1n) is 10.4. The monoisotopic (exact) mass is 403 g/mol. The first-order valence-corrected chi connectivity index (χ1v) is 10.4. The summed E-state index contributed by atoms with van der Waals surface area (Å²) >= 11 is 0. The number of carbonyl (C=O) groups excluding carboxylic acids is 2. The average molecular weight is 404 g/mol. The number of rotatable bonds is 7. The lowest BCUT2D eigenvalue weighted by molar-refractivity contribution is -0.136. The Morgan fingerprint density at radius 2 is 1.72 bits per heavy atom. The quantitative estimate of drug-likeness (QED) is 0.708. The van der Waals surface area contributed by atoms with E-state index in [2.05, 4.69) is 18.7 Å². The van der Waals surface area contributed by atoms with Crippen LogP contribution in [0.1, 0.15) is 39.2 Å². The molecule has 160 valence electrons. The number of aliphatic hydroxyl groups is 1. The van der Waals surface area contributed by atoms with Crippen molar-refractivity contribution in [1.82, 2.24) is 14.7 Å². The molecule has 3 amide bonds. The molecule has 0 aromatic heterocycles. The summed E-state index contributed by atoms with van der Waals surface area (Å²) in [6.45, 7) is 8.47. The number of urea groups is 1. The minimum Gasteiger partial charge on any atom is -0.497 e. The van der Waals surface area contributed by atoms with Gasteiger partial charge in [0.25, 0.3) is 5.91 Å². The SMILES string of the molecule is COc1ccc(CN2C(=O)N(CC(C)C)C3(CCN(C(C)CO)CC3)C2=O)cc1. The van der Waals surface area contributed by atoms with Crippen LogP contribution in [0.3, 0.4) is 0 Å². The summed E-state index contributed by atoms with van der Waals surface area (Å²) in [6, 6.07) is 7.34. The molecule has 0 bridgehead atoms. The van der Waals surface area contributed by atoms with Gasteiger partial charge in [0.05, 0.1) is 20.3 Å². The van der Waals surface area contributed by atoms with Gasteiger partial charge in [-0.2, -0.15) is 0 Å². The maximum atomic E-state index is 13.5. The van der Waals surface area contributed by atoms with Crippen LogP contribution in [0.2, 0.25) is 0 Å². The number of hydrogen-bond acceptors (Lipinski definition) is 5. The molecular weight excluding hydrogens is 370 g/mol. The molecule has 7 nitrogen and oxygen atoms in total. The molecule has 1 spiro atoms. The topological polar surface area (TPSA) is 73.3 Å². The van der Waals surface area contributed by atoms with Crippen molar-refractivity contribution in [2.24, 2.45) is 5.92 Å². The minimum absolute atomic E-state index is 0.0634. The van der Waals surface area contributed by atoms with Crippen LogP contribution < -0.4 is 4.74 Å². The Morgan fingerprint density at radius 3 is 2.24 bits per heavy atom. The molecule has 1 N–H and O–H groups in total. The summed E-state index contributed by atoms with van der Waals surface area (Å²) in [5, 5.41) is 9.46. The van der Waals surface area contributed by atoms with Gasteiger partial charge in [0.15, 0.2) is 0 Å². The van der Waals surface area contributed by atoms with Crippen molar-refractivity contribution in [3.63, 3.8) is 0 Å². The Balaban J connectivity index is 1.83. The van der Waals surface area contributed by atoms with Crippen LogP contribution in [0.25, 0.3) is 0 Å². The van der Waals surface area contributed by atoms with E-state index in [-0.39, 0.29) is 37.0 Å².